The lowest BCUT2D eigenvalue weighted by Crippen LogP contribution is -2.25. The molecule has 1 aromatic heterocycles. The number of likely N-dealkylation sites (tertiary alicyclic amines) is 1. The summed E-state index contributed by atoms with van der Waals surface area (Å²) < 4.78 is 5.58. The van der Waals surface area contributed by atoms with Crippen LogP contribution in [0.3, 0.4) is 0 Å². The summed E-state index contributed by atoms with van der Waals surface area (Å²) >= 11 is 0. The fraction of sp³-hybridized carbons (Fsp3) is 0.500. The second kappa shape index (κ2) is 5.47. The van der Waals surface area contributed by atoms with E-state index in [0.29, 0.717) is 12.3 Å². The van der Waals surface area contributed by atoms with Crippen LogP contribution >= 0.6 is 0 Å². The predicted octanol–water partition coefficient (Wildman–Crippen LogP) is 1.43. The number of aromatic nitrogens is 1. The third kappa shape index (κ3) is 2.94. The van der Waals surface area contributed by atoms with Gasteiger partial charge >= 0.3 is 0 Å². The second-order valence-corrected chi connectivity index (χ2v) is 3.89. The van der Waals surface area contributed by atoms with Crippen LogP contribution in [0.4, 0.5) is 0 Å². The van der Waals surface area contributed by atoms with Gasteiger partial charge in [-0.1, -0.05) is 0 Å². The third-order valence-corrected chi connectivity index (χ3v) is 2.72. The summed E-state index contributed by atoms with van der Waals surface area (Å²) in [6.45, 7) is 4.01. The fourth-order valence-corrected chi connectivity index (χ4v) is 1.86. The van der Waals surface area contributed by atoms with Gasteiger partial charge in [-0.15, -0.1) is 0 Å². The summed E-state index contributed by atoms with van der Waals surface area (Å²) in [6.07, 6.45) is 4.20. The Morgan fingerprint density at radius 2 is 2.25 bits per heavy atom. The number of nitrogens with zero attached hydrogens (tertiary/aromatic N) is 3. The molecule has 4 heteroatoms. The van der Waals surface area contributed by atoms with Gasteiger partial charge in [0.25, 0.3) is 0 Å². The first-order valence-electron chi connectivity index (χ1n) is 5.60. The molecule has 84 valence electrons. The van der Waals surface area contributed by atoms with E-state index in [9.17, 15) is 0 Å². The molecule has 0 bridgehead atoms. The normalized spacial score (nSPS) is 15.9. The van der Waals surface area contributed by atoms with E-state index in [1.807, 2.05) is 6.07 Å². The van der Waals surface area contributed by atoms with Gasteiger partial charge in [0.1, 0.15) is 24.1 Å². The van der Waals surface area contributed by atoms with Crippen LogP contribution in [0.25, 0.3) is 0 Å². The van der Waals surface area contributed by atoms with E-state index >= 15 is 0 Å². The molecule has 2 heterocycles. The lowest BCUT2D eigenvalue weighted by atomic mass is 10.3. The molecule has 2 rings (SSSR count). The molecule has 0 atom stereocenters. The molecule has 0 radical (unpaired) electrons. The van der Waals surface area contributed by atoms with Gasteiger partial charge in [-0.3, -0.25) is 4.90 Å². The minimum Gasteiger partial charge on any atom is -0.492 e. The summed E-state index contributed by atoms with van der Waals surface area (Å²) in [4.78, 5) is 6.29. The highest BCUT2D eigenvalue weighted by Crippen LogP contribution is 2.11. The van der Waals surface area contributed by atoms with Crippen molar-refractivity contribution in [3.63, 3.8) is 0 Å². The van der Waals surface area contributed by atoms with Crippen molar-refractivity contribution in [3.05, 3.63) is 24.0 Å². The summed E-state index contributed by atoms with van der Waals surface area (Å²) in [5, 5.41) is 8.68. The van der Waals surface area contributed by atoms with Crippen molar-refractivity contribution in [2.75, 3.05) is 26.2 Å². The first-order chi connectivity index (χ1) is 7.88. The fourth-order valence-electron chi connectivity index (χ4n) is 1.86. The molecular weight excluding hydrogens is 202 g/mol. The Balaban J connectivity index is 1.78. The van der Waals surface area contributed by atoms with Gasteiger partial charge in [0, 0.05) is 18.8 Å². The first kappa shape index (κ1) is 10.9. The van der Waals surface area contributed by atoms with E-state index in [1.165, 1.54) is 25.9 Å². The monoisotopic (exact) mass is 217 g/mol. The number of pyridine rings is 1. The lowest BCUT2D eigenvalue weighted by molar-refractivity contribution is 0.237. The van der Waals surface area contributed by atoms with Gasteiger partial charge in [-0.25, -0.2) is 4.98 Å². The van der Waals surface area contributed by atoms with Crippen molar-refractivity contribution >= 4 is 0 Å². The molecular formula is C12H15N3O. The molecule has 0 spiro atoms. The molecule has 1 aliphatic heterocycles. The molecule has 0 aliphatic carbocycles. The second-order valence-electron chi connectivity index (χ2n) is 3.89. The number of nitriles is 1. The molecule has 0 saturated carbocycles. The van der Waals surface area contributed by atoms with Gasteiger partial charge in [-0.2, -0.15) is 5.26 Å². The Morgan fingerprint density at radius 3 is 3.00 bits per heavy atom. The Labute approximate surface area is 95.5 Å². The smallest absolute Gasteiger partial charge is 0.144 e. The molecule has 16 heavy (non-hydrogen) atoms. The van der Waals surface area contributed by atoms with Crippen LogP contribution in [0.5, 0.6) is 5.75 Å². The Kier molecular flexibility index (Phi) is 3.73. The van der Waals surface area contributed by atoms with E-state index < -0.39 is 0 Å². The van der Waals surface area contributed by atoms with Crippen LogP contribution in [0.1, 0.15) is 18.5 Å². The topological polar surface area (TPSA) is 49.1 Å². The average Bonchev–Trinajstić information content (AvgIpc) is 2.82. The van der Waals surface area contributed by atoms with E-state index in [4.69, 9.17) is 10.00 Å². The van der Waals surface area contributed by atoms with Crippen molar-refractivity contribution in [1.29, 1.82) is 5.26 Å². The molecule has 4 nitrogen and oxygen atoms in total. The molecule has 1 aliphatic rings. The maximum atomic E-state index is 8.68. The summed E-state index contributed by atoms with van der Waals surface area (Å²) in [5.74, 6) is 0.728. The largest absolute Gasteiger partial charge is 0.492 e. The minimum absolute atomic E-state index is 0.402. The average molecular weight is 217 g/mol. The third-order valence-electron chi connectivity index (χ3n) is 2.72. The van der Waals surface area contributed by atoms with Crippen LogP contribution in [0, 0.1) is 11.3 Å². The maximum Gasteiger partial charge on any atom is 0.144 e. The zero-order chi connectivity index (χ0) is 11.2. The number of hydrogen-bond donors (Lipinski definition) is 0. The standard InChI is InChI=1S/C12H15N3O/c13-10-11-9-12(3-4-14-11)16-8-7-15-5-1-2-6-15/h3-4,9H,1-2,5-8H2. The van der Waals surface area contributed by atoms with E-state index in [2.05, 4.69) is 9.88 Å². The Hall–Kier alpha value is -1.60. The molecule has 1 fully saturated rings. The van der Waals surface area contributed by atoms with Crippen molar-refractivity contribution in [3.8, 4) is 11.8 Å². The Bertz CT molecular complexity index is 380. The predicted molar refractivity (Wildman–Crippen MR) is 60.1 cm³/mol. The number of hydrogen-bond acceptors (Lipinski definition) is 4. The zero-order valence-corrected chi connectivity index (χ0v) is 9.22. The molecule has 0 aromatic carbocycles. The van der Waals surface area contributed by atoms with Crippen molar-refractivity contribution in [1.82, 2.24) is 9.88 Å². The van der Waals surface area contributed by atoms with E-state index in [-0.39, 0.29) is 0 Å². The van der Waals surface area contributed by atoms with Crippen molar-refractivity contribution < 1.29 is 4.74 Å². The van der Waals surface area contributed by atoms with Gasteiger partial charge < -0.3 is 4.74 Å². The van der Waals surface area contributed by atoms with Crippen LogP contribution in [0.2, 0.25) is 0 Å². The number of ether oxygens (including phenoxy) is 1. The zero-order valence-electron chi connectivity index (χ0n) is 9.22. The lowest BCUT2D eigenvalue weighted by Gasteiger charge is -2.14. The molecule has 0 amide bonds. The van der Waals surface area contributed by atoms with Crippen molar-refractivity contribution in [2.45, 2.75) is 12.8 Å². The molecule has 1 aromatic rings. The highest BCUT2D eigenvalue weighted by atomic mass is 16.5. The highest BCUT2D eigenvalue weighted by Gasteiger charge is 2.10. The van der Waals surface area contributed by atoms with Crippen molar-refractivity contribution in [2.24, 2.45) is 0 Å². The first-order valence-corrected chi connectivity index (χ1v) is 5.60. The van der Waals surface area contributed by atoms with Gasteiger partial charge in [0.2, 0.25) is 0 Å². The van der Waals surface area contributed by atoms with Crippen LogP contribution in [0.15, 0.2) is 18.3 Å². The van der Waals surface area contributed by atoms with E-state index in [0.717, 1.165) is 12.3 Å². The Morgan fingerprint density at radius 1 is 1.44 bits per heavy atom. The minimum atomic E-state index is 0.402. The van der Waals surface area contributed by atoms with Crippen LogP contribution in [-0.2, 0) is 0 Å². The highest BCUT2D eigenvalue weighted by molar-refractivity contribution is 5.29. The molecule has 1 saturated heterocycles. The quantitative estimate of drug-likeness (QED) is 0.765. The van der Waals surface area contributed by atoms with Crippen LogP contribution in [-0.4, -0.2) is 36.1 Å². The summed E-state index contributed by atoms with van der Waals surface area (Å²) in [5.41, 5.74) is 0.402. The maximum absolute atomic E-state index is 8.68. The van der Waals surface area contributed by atoms with E-state index in [1.54, 1.807) is 18.3 Å². The van der Waals surface area contributed by atoms with Gasteiger partial charge in [0.05, 0.1) is 0 Å². The SMILES string of the molecule is N#Cc1cc(OCCN2CCCC2)ccn1. The summed E-state index contributed by atoms with van der Waals surface area (Å²) in [7, 11) is 0. The molecule has 0 unspecified atom stereocenters. The molecule has 0 N–H and O–H groups in total. The van der Waals surface area contributed by atoms with Gasteiger partial charge in [0.15, 0.2) is 0 Å². The summed E-state index contributed by atoms with van der Waals surface area (Å²) in [6, 6.07) is 5.45. The number of rotatable bonds is 4. The van der Waals surface area contributed by atoms with Crippen LogP contribution < -0.4 is 4.74 Å². The van der Waals surface area contributed by atoms with Gasteiger partial charge in [-0.05, 0) is 32.0 Å².